The highest BCUT2D eigenvalue weighted by molar-refractivity contribution is 6.17. The summed E-state index contributed by atoms with van der Waals surface area (Å²) in [7, 11) is 1.88. The smallest absolute Gasteiger partial charge is 0.275 e. The van der Waals surface area contributed by atoms with Crippen LogP contribution in [0.5, 0.6) is 0 Å². The number of hydrogen-bond acceptors (Lipinski definition) is 3. The first-order valence-corrected chi connectivity index (χ1v) is 9.75. The first-order chi connectivity index (χ1) is 14.0. The molecule has 0 aliphatic carbocycles. The molecule has 0 fully saturated rings. The third-order valence-corrected chi connectivity index (χ3v) is 5.11. The van der Waals surface area contributed by atoms with Crippen LogP contribution in [-0.4, -0.2) is 20.0 Å². The van der Waals surface area contributed by atoms with E-state index in [1.807, 2.05) is 48.0 Å². The summed E-state index contributed by atoms with van der Waals surface area (Å²) in [4.78, 5) is 30.5. The van der Waals surface area contributed by atoms with Crippen molar-refractivity contribution >= 4 is 27.7 Å². The van der Waals surface area contributed by atoms with Crippen LogP contribution in [-0.2, 0) is 20.1 Å². The van der Waals surface area contributed by atoms with Gasteiger partial charge >= 0.3 is 0 Å². The van der Waals surface area contributed by atoms with Crippen LogP contribution in [0, 0.1) is 5.92 Å². The third-order valence-electron chi connectivity index (χ3n) is 5.11. The molecule has 6 nitrogen and oxygen atoms in total. The van der Waals surface area contributed by atoms with Gasteiger partial charge in [-0.15, -0.1) is 0 Å². The molecule has 1 N–H and O–H groups in total. The lowest BCUT2D eigenvalue weighted by molar-refractivity contribution is 0.0951. The van der Waals surface area contributed by atoms with Crippen molar-refractivity contribution in [2.24, 2.45) is 13.0 Å². The van der Waals surface area contributed by atoms with E-state index in [-0.39, 0.29) is 17.4 Å². The number of aryl methyl sites for hydroxylation is 1. The lowest BCUT2D eigenvalue weighted by Crippen LogP contribution is -2.29. The minimum atomic E-state index is -0.201. The van der Waals surface area contributed by atoms with Gasteiger partial charge in [0.25, 0.3) is 11.5 Å². The number of amides is 1. The van der Waals surface area contributed by atoms with Gasteiger partial charge in [-0.3, -0.25) is 14.6 Å². The van der Waals surface area contributed by atoms with E-state index in [1.165, 1.54) is 0 Å². The fourth-order valence-corrected chi connectivity index (χ4v) is 3.81. The minimum absolute atomic E-state index is 0.0730. The largest absolute Gasteiger partial charge is 0.348 e. The van der Waals surface area contributed by atoms with E-state index < -0.39 is 0 Å². The Bertz CT molecular complexity index is 1250. The van der Waals surface area contributed by atoms with Crippen LogP contribution < -0.4 is 10.9 Å². The number of carbonyl (C=O) groups excluding carboxylic acids is 1. The minimum Gasteiger partial charge on any atom is -0.348 e. The number of para-hydroxylation sites is 1. The van der Waals surface area contributed by atoms with Gasteiger partial charge in [0.2, 0.25) is 0 Å². The molecular weight excluding hydrogens is 364 g/mol. The normalized spacial score (nSPS) is 11.4. The number of hydrogen-bond donors (Lipinski definition) is 1. The molecule has 0 aliphatic heterocycles. The summed E-state index contributed by atoms with van der Waals surface area (Å²) in [6, 6.07) is 11.6. The quantitative estimate of drug-likeness (QED) is 0.569. The van der Waals surface area contributed by atoms with Gasteiger partial charge in [0.15, 0.2) is 0 Å². The molecule has 29 heavy (non-hydrogen) atoms. The van der Waals surface area contributed by atoms with Crippen molar-refractivity contribution in [2.75, 3.05) is 0 Å². The third kappa shape index (κ3) is 3.42. The number of rotatable bonds is 5. The van der Waals surface area contributed by atoms with E-state index in [1.54, 1.807) is 23.2 Å². The molecule has 0 saturated heterocycles. The molecule has 3 aromatic heterocycles. The average molecular weight is 388 g/mol. The van der Waals surface area contributed by atoms with Crippen LogP contribution in [0.4, 0.5) is 0 Å². The van der Waals surface area contributed by atoms with Crippen LogP contribution in [0.1, 0.15) is 29.8 Å². The van der Waals surface area contributed by atoms with Gasteiger partial charge in [0.1, 0.15) is 5.52 Å². The monoisotopic (exact) mass is 388 g/mol. The summed E-state index contributed by atoms with van der Waals surface area (Å²) >= 11 is 0. The second-order valence-corrected chi connectivity index (χ2v) is 7.74. The van der Waals surface area contributed by atoms with E-state index in [9.17, 15) is 9.59 Å². The fraction of sp³-hybridized carbons (Fsp3) is 0.261. The number of carbonyl (C=O) groups is 1. The van der Waals surface area contributed by atoms with Crippen LogP contribution in [0.3, 0.4) is 0 Å². The molecule has 0 bridgehead atoms. The molecule has 0 radical (unpaired) electrons. The van der Waals surface area contributed by atoms with E-state index in [2.05, 4.69) is 24.1 Å². The Morgan fingerprint density at radius 1 is 1.17 bits per heavy atom. The van der Waals surface area contributed by atoms with Crippen molar-refractivity contribution < 1.29 is 4.79 Å². The number of aromatic nitrogens is 3. The molecule has 0 unspecified atom stereocenters. The zero-order valence-corrected chi connectivity index (χ0v) is 16.8. The SMILES string of the molecule is CC(C)Cn1cc(C(=O)NCc2cccnc2)c2c3ccccc3n(C)c2c1=O. The Labute approximate surface area is 168 Å². The second kappa shape index (κ2) is 7.54. The summed E-state index contributed by atoms with van der Waals surface area (Å²) in [5.41, 5.74) is 2.85. The van der Waals surface area contributed by atoms with E-state index in [4.69, 9.17) is 0 Å². The summed E-state index contributed by atoms with van der Waals surface area (Å²) in [5, 5.41) is 4.59. The molecule has 1 amide bonds. The molecule has 4 aromatic rings. The highest BCUT2D eigenvalue weighted by Gasteiger charge is 2.21. The van der Waals surface area contributed by atoms with E-state index >= 15 is 0 Å². The van der Waals surface area contributed by atoms with Gasteiger partial charge in [-0.25, -0.2) is 0 Å². The zero-order valence-electron chi connectivity index (χ0n) is 16.8. The first kappa shape index (κ1) is 18.9. The van der Waals surface area contributed by atoms with Crippen LogP contribution in [0.25, 0.3) is 21.8 Å². The average Bonchev–Trinajstić information content (AvgIpc) is 3.02. The summed E-state index contributed by atoms with van der Waals surface area (Å²) < 4.78 is 3.55. The maximum absolute atomic E-state index is 13.2. The van der Waals surface area contributed by atoms with Gasteiger partial charge < -0.3 is 14.5 Å². The molecule has 3 heterocycles. The summed E-state index contributed by atoms with van der Waals surface area (Å²) in [5.74, 6) is 0.0823. The topological polar surface area (TPSA) is 68.9 Å². The Balaban J connectivity index is 1.89. The van der Waals surface area contributed by atoms with Gasteiger partial charge in [-0.2, -0.15) is 0 Å². The summed E-state index contributed by atoms with van der Waals surface area (Å²) in [6.45, 7) is 5.04. The molecular formula is C23H24N4O2. The van der Waals surface area contributed by atoms with Crippen molar-refractivity contribution in [3.05, 3.63) is 76.5 Å². The van der Waals surface area contributed by atoms with Crippen molar-refractivity contribution in [3.63, 3.8) is 0 Å². The first-order valence-electron chi connectivity index (χ1n) is 9.75. The Morgan fingerprint density at radius 2 is 1.97 bits per heavy atom. The highest BCUT2D eigenvalue weighted by atomic mass is 16.2. The van der Waals surface area contributed by atoms with E-state index in [0.29, 0.717) is 29.6 Å². The molecule has 1 aromatic carbocycles. The second-order valence-electron chi connectivity index (χ2n) is 7.74. The van der Waals surface area contributed by atoms with E-state index in [0.717, 1.165) is 16.5 Å². The number of pyridine rings is 2. The van der Waals surface area contributed by atoms with Gasteiger partial charge in [-0.05, 0) is 23.6 Å². The van der Waals surface area contributed by atoms with Crippen molar-refractivity contribution in [3.8, 4) is 0 Å². The predicted octanol–water partition coefficient (Wildman–Crippen LogP) is 3.47. The van der Waals surface area contributed by atoms with Gasteiger partial charge in [0.05, 0.1) is 5.56 Å². The Hall–Kier alpha value is -3.41. The molecule has 4 rings (SSSR count). The molecule has 0 atom stereocenters. The molecule has 0 saturated carbocycles. The summed E-state index contributed by atoms with van der Waals surface area (Å²) in [6.07, 6.45) is 5.13. The van der Waals surface area contributed by atoms with Crippen LogP contribution in [0.15, 0.2) is 59.8 Å². The highest BCUT2D eigenvalue weighted by Crippen LogP contribution is 2.29. The molecule has 0 aliphatic rings. The van der Waals surface area contributed by atoms with Gasteiger partial charge in [-0.1, -0.05) is 38.1 Å². The molecule has 148 valence electrons. The zero-order chi connectivity index (χ0) is 20.5. The Kier molecular flexibility index (Phi) is 4.92. The van der Waals surface area contributed by atoms with Crippen LogP contribution >= 0.6 is 0 Å². The fourth-order valence-electron chi connectivity index (χ4n) is 3.81. The number of nitrogens with one attached hydrogen (secondary N) is 1. The van der Waals surface area contributed by atoms with Crippen LogP contribution in [0.2, 0.25) is 0 Å². The number of benzene rings is 1. The maximum atomic E-state index is 13.2. The lowest BCUT2D eigenvalue weighted by atomic mass is 10.1. The molecule has 6 heteroatoms. The number of fused-ring (bicyclic) bond motifs is 3. The van der Waals surface area contributed by atoms with Gasteiger partial charge in [0, 0.05) is 55.0 Å². The van der Waals surface area contributed by atoms with Crippen molar-refractivity contribution in [2.45, 2.75) is 26.9 Å². The Morgan fingerprint density at radius 3 is 2.69 bits per heavy atom. The molecule has 0 spiro atoms. The maximum Gasteiger partial charge on any atom is 0.275 e. The predicted molar refractivity (Wildman–Crippen MR) is 115 cm³/mol. The van der Waals surface area contributed by atoms with Crippen molar-refractivity contribution in [1.82, 2.24) is 19.4 Å². The standard InChI is InChI=1S/C23H24N4O2/c1-15(2)13-27-14-18(22(28)25-12-16-7-6-10-24-11-16)20-17-8-4-5-9-19(17)26(3)21(20)23(27)29/h4-11,14-15H,12-13H2,1-3H3,(H,25,28). The van der Waals surface area contributed by atoms with Crippen molar-refractivity contribution in [1.29, 1.82) is 0 Å². The number of nitrogens with zero attached hydrogens (tertiary/aromatic N) is 3. The lowest BCUT2D eigenvalue weighted by Gasteiger charge is -2.13.